The molecule has 1 aliphatic rings. The van der Waals surface area contributed by atoms with E-state index in [1.54, 1.807) is 0 Å². The zero-order valence-electron chi connectivity index (χ0n) is 10.4. The third-order valence-electron chi connectivity index (χ3n) is 1.82. The van der Waals surface area contributed by atoms with Gasteiger partial charge in [-0.25, -0.2) is 24.2 Å². The molecule has 19 heavy (non-hydrogen) atoms. The molecule has 0 saturated heterocycles. The number of nitrogens with zero attached hydrogens (tertiary/aromatic N) is 6. The van der Waals surface area contributed by atoms with Gasteiger partial charge in [0.05, 0.1) is 12.0 Å². The Labute approximate surface area is 252 Å². The van der Waals surface area contributed by atoms with Crippen molar-refractivity contribution in [3.05, 3.63) is 10.5 Å². The minimum atomic E-state index is -0.877. The van der Waals surface area contributed by atoms with Gasteiger partial charge in [-0.2, -0.15) is 9.97 Å². The molecule has 0 saturated carbocycles. The van der Waals surface area contributed by atoms with E-state index in [0.29, 0.717) is 0 Å². The molecule has 3 rings (SSSR count). The third kappa shape index (κ3) is 4.80. The monoisotopic (exact) mass is 474 g/mol. The van der Waals surface area contributed by atoms with Gasteiger partial charge in [0.2, 0.25) is 17.7 Å². The first-order valence-electron chi connectivity index (χ1n) is 4.02. The molecule has 1 aliphatic heterocycles. The Morgan fingerprint density at radius 1 is 1.00 bits per heavy atom. The predicted molar refractivity (Wildman–Crippen MR) is 45.0 cm³/mol. The van der Waals surface area contributed by atoms with E-state index < -0.39 is 17.7 Å². The fraction of sp³-hybridized carbons (Fsp3) is 0. The molecule has 2 aromatic heterocycles. The van der Waals surface area contributed by atoms with E-state index in [0.717, 1.165) is 4.40 Å². The number of anilines is 1. The molecule has 3 heterocycles. The van der Waals surface area contributed by atoms with Gasteiger partial charge in [0.25, 0.3) is 0 Å². The van der Waals surface area contributed by atoms with Crippen LogP contribution >= 0.6 is 0 Å². The summed E-state index contributed by atoms with van der Waals surface area (Å²) in [5, 5.41) is 24.3. The van der Waals surface area contributed by atoms with Crippen molar-refractivity contribution in [2.45, 2.75) is 0 Å². The quantitative estimate of drug-likeness (QED) is 0.396. The molecule has 0 bridgehead atoms. The molecule has 1 N–H and O–H groups in total. The third-order valence-corrected chi connectivity index (χ3v) is 1.82. The first kappa shape index (κ1) is 21.6. The molecule has 13 heteroatoms. The molecule has 10 nitrogen and oxygen atoms in total. The van der Waals surface area contributed by atoms with E-state index in [9.17, 15) is 15.0 Å². The van der Waals surface area contributed by atoms with Gasteiger partial charge in [-0.1, -0.05) is 0 Å². The Kier molecular flexibility index (Phi) is 10.3. The molecule has 0 aliphatic carbocycles. The predicted octanol–water partition coefficient (Wildman–Crippen LogP) is -12.3. The summed E-state index contributed by atoms with van der Waals surface area (Å²) in [4.78, 5) is 28.1. The summed E-state index contributed by atoms with van der Waals surface area (Å²) >= 11 is 0. The molecular weight excluding hydrogens is 475 g/mol. The van der Waals surface area contributed by atoms with Gasteiger partial charge in [0.1, 0.15) is 0 Å². The zero-order chi connectivity index (χ0) is 11.3. The van der Waals surface area contributed by atoms with E-state index in [4.69, 9.17) is 0 Å². The molecular formula is C6HN7O3Rb3+. The van der Waals surface area contributed by atoms with Crippen molar-refractivity contribution in [1.82, 2.24) is 24.3 Å². The van der Waals surface area contributed by atoms with Gasteiger partial charge < -0.3 is 15.5 Å². The van der Waals surface area contributed by atoms with Gasteiger partial charge in [-0.3, -0.25) is 0 Å². The number of rotatable bonds is 0. The maximum atomic E-state index is 11.1. The van der Waals surface area contributed by atoms with E-state index in [2.05, 4.69) is 30.2 Å². The van der Waals surface area contributed by atoms with Crippen LogP contribution < -0.4 is 196 Å². The molecule has 0 fully saturated rings. The SMILES string of the molecule is O=c1nc2n3c(nc([O-])nc3n1)N=C([O-])N2.[Rb+].[Rb+].[Rb+]. The van der Waals surface area contributed by atoms with E-state index in [-0.39, 0.29) is 192 Å². The van der Waals surface area contributed by atoms with Gasteiger partial charge in [-0.15, -0.1) is 0 Å². The van der Waals surface area contributed by atoms with Crippen LogP contribution in [0.25, 0.3) is 5.78 Å². The summed E-state index contributed by atoms with van der Waals surface area (Å²) in [7, 11) is 0. The average molecular weight is 476 g/mol. The van der Waals surface area contributed by atoms with Crippen molar-refractivity contribution >= 4 is 23.7 Å². The molecule has 80 valence electrons. The first-order valence-corrected chi connectivity index (χ1v) is 4.02. The van der Waals surface area contributed by atoms with Crippen molar-refractivity contribution in [2.75, 3.05) is 5.32 Å². The molecule has 2 aromatic rings. The van der Waals surface area contributed by atoms with Crippen molar-refractivity contribution in [3.8, 4) is 6.01 Å². The van der Waals surface area contributed by atoms with Gasteiger partial charge in [0.15, 0.2) is 0 Å². The Balaban J connectivity index is 0.00000108. The molecule has 0 radical (unpaired) electrons. The number of hydrogen-bond acceptors (Lipinski definition) is 9. The minimum absolute atomic E-state index is 0. The average Bonchev–Trinajstić information content (AvgIpc) is 2.14. The fourth-order valence-electron chi connectivity index (χ4n) is 1.27. The zero-order valence-corrected chi connectivity index (χ0v) is 25.2. The van der Waals surface area contributed by atoms with E-state index in [1.807, 2.05) is 0 Å². The van der Waals surface area contributed by atoms with Crippen LogP contribution in [0.1, 0.15) is 0 Å². The van der Waals surface area contributed by atoms with Crippen LogP contribution in [0.3, 0.4) is 0 Å². The van der Waals surface area contributed by atoms with Crippen LogP contribution in [-0.2, 0) is 0 Å². The van der Waals surface area contributed by atoms with Crippen molar-refractivity contribution in [3.63, 3.8) is 0 Å². The van der Waals surface area contributed by atoms with Crippen molar-refractivity contribution in [1.29, 1.82) is 0 Å². The Morgan fingerprint density at radius 3 is 2.37 bits per heavy atom. The Morgan fingerprint density at radius 2 is 1.68 bits per heavy atom. The van der Waals surface area contributed by atoms with Crippen LogP contribution in [0.4, 0.5) is 11.9 Å². The van der Waals surface area contributed by atoms with Crippen molar-refractivity contribution in [2.24, 2.45) is 4.99 Å². The second kappa shape index (κ2) is 9.06. The minimum Gasteiger partial charge on any atom is -0.846 e. The van der Waals surface area contributed by atoms with E-state index >= 15 is 0 Å². The first-order chi connectivity index (χ1) is 7.63. The van der Waals surface area contributed by atoms with Crippen LogP contribution in [0.2, 0.25) is 0 Å². The Hall–Kier alpha value is 2.64. The van der Waals surface area contributed by atoms with Crippen molar-refractivity contribution < 1.29 is 185 Å². The number of hydrogen-bond donors (Lipinski definition) is 1. The molecule has 0 unspecified atom stereocenters. The van der Waals surface area contributed by atoms with Crippen LogP contribution in [-0.4, -0.2) is 30.4 Å². The summed E-state index contributed by atoms with van der Waals surface area (Å²) in [5.41, 5.74) is -0.860. The maximum Gasteiger partial charge on any atom is 1.00 e. The maximum absolute atomic E-state index is 11.1. The smallest absolute Gasteiger partial charge is 0.846 e. The summed E-state index contributed by atoms with van der Waals surface area (Å²) < 4.78 is 1.10. The summed E-state index contributed by atoms with van der Waals surface area (Å²) in [6.07, 6.45) is 0. The topological polar surface area (TPSA) is 144 Å². The number of aliphatic imine (C=N–C) groups is 1. The van der Waals surface area contributed by atoms with Gasteiger partial charge in [-0.05, 0) is 0 Å². The van der Waals surface area contributed by atoms with Crippen LogP contribution in [0, 0.1) is 0 Å². The number of aromatic nitrogens is 5. The van der Waals surface area contributed by atoms with Crippen LogP contribution in [0.5, 0.6) is 6.01 Å². The largest absolute Gasteiger partial charge is 1.00 e. The molecule has 0 atom stereocenters. The number of nitrogens with one attached hydrogen (secondary N) is 1. The van der Waals surface area contributed by atoms with Crippen LogP contribution in [0.15, 0.2) is 9.79 Å². The summed E-state index contributed by atoms with van der Waals surface area (Å²) in [6.45, 7) is 0. The molecule has 0 aromatic carbocycles. The second-order valence-corrected chi connectivity index (χ2v) is 2.81. The van der Waals surface area contributed by atoms with E-state index in [1.165, 1.54) is 0 Å². The van der Waals surface area contributed by atoms with Gasteiger partial charge in [0, 0.05) is 0 Å². The fourth-order valence-corrected chi connectivity index (χ4v) is 1.27. The van der Waals surface area contributed by atoms with Gasteiger partial charge >= 0.3 is 180 Å². The normalized spacial score (nSPS) is 11.3. The molecule has 0 spiro atoms. The summed E-state index contributed by atoms with van der Waals surface area (Å²) in [5.74, 6) is -0.507. The summed E-state index contributed by atoms with van der Waals surface area (Å²) in [6, 6.07) is -1.64. The molecule has 0 amide bonds. The Bertz CT molecular complexity index is 702. The standard InChI is InChI=1S/C6H3N7O3.3Rb/c14-4-7-1-8-5(15)10-3-12-6(16)11-2(9-4)13(1)3;;;/h(H3,7,8,9,10,11,12,14,15,16);;;/q;3*+1/p-2. The number of amidine groups is 1. The second-order valence-electron chi connectivity index (χ2n) is 2.81.